The van der Waals surface area contributed by atoms with Crippen LogP contribution in [0.4, 0.5) is 0 Å². The Bertz CT molecular complexity index is 143. The van der Waals surface area contributed by atoms with E-state index in [0.29, 0.717) is 13.2 Å². The first-order valence-corrected chi connectivity index (χ1v) is 4.23. The van der Waals surface area contributed by atoms with Gasteiger partial charge in [0.1, 0.15) is 0 Å². The lowest BCUT2D eigenvalue weighted by Gasteiger charge is -2.18. The molecule has 1 amide bonds. The summed E-state index contributed by atoms with van der Waals surface area (Å²) in [5.74, 6) is 0.427. The molecule has 0 heterocycles. The van der Waals surface area contributed by atoms with Crippen LogP contribution in [0.5, 0.6) is 0 Å². The van der Waals surface area contributed by atoms with E-state index in [0.717, 1.165) is 12.8 Å². The molecule has 1 saturated carbocycles. The molecule has 0 aromatic rings. The summed E-state index contributed by atoms with van der Waals surface area (Å²) in [6, 6.07) is 0. The van der Waals surface area contributed by atoms with E-state index in [-0.39, 0.29) is 11.8 Å². The number of carbonyl (C=O) groups excluding carboxylic acids is 1. The number of hydroxylamine groups is 2. The van der Waals surface area contributed by atoms with Crippen LogP contribution >= 0.6 is 0 Å². The Morgan fingerprint density at radius 1 is 1.55 bits per heavy atom. The maximum Gasteiger partial charge on any atom is 0.249 e. The SMILES string of the molecule is CCON(CC)C(=O)C1CC1. The summed E-state index contributed by atoms with van der Waals surface area (Å²) < 4.78 is 0. The average Bonchev–Trinajstić information content (AvgIpc) is 2.81. The monoisotopic (exact) mass is 157 g/mol. The molecule has 0 radical (unpaired) electrons. The van der Waals surface area contributed by atoms with E-state index in [1.54, 1.807) is 0 Å². The number of hydrogen-bond donors (Lipinski definition) is 0. The van der Waals surface area contributed by atoms with Gasteiger partial charge < -0.3 is 0 Å². The smallest absolute Gasteiger partial charge is 0.249 e. The highest BCUT2D eigenvalue weighted by atomic mass is 16.7. The van der Waals surface area contributed by atoms with Crippen molar-refractivity contribution >= 4 is 5.91 Å². The zero-order chi connectivity index (χ0) is 8.27. The Kier molecular flexibility index (Phi) is 2.88. The lowest BCUT2D eigenvalue weighted by Crippen LogP contribution is -2.32. The number of nitrogens with zero attached hydrogens (tertiary/aromatic N) is 1. The van der Waals surface area contributed by atoms with Gasteiger partial charge in [-0.05, 0) is 26.7 Å². The highest BCUT2D eigenvalue weighted by Crippen LogP contribution is 2.30. The van der Waals surface area contributed by atoms with Crippen molar-refractivity contribution in [3.05, 3.63) is 0 Å². The minimum atomic E-state index is 0.161. The van der Waals surface area contributed by atoms with E-state index in [4.69, 9.17) is 4.84 Å². The van der Waals surface area contributed by atoms with Gasteiger partial charge in [-0.3, -0.25) is 9.63 Å². The second-order valence-electron chi connectivity index (χ2n) is 2.73. The van der Waals surface area contributed by atoms with Gasteiger partial charge in [-0.1, -0.05) is 0 Å². The third-order valence-corrected chi connectivity index (χ3v) is 1.74. The number of rotatable bonds is 4. The fraction of sp³-hybridized carbons (Fsp3) is 0.875. The maximum absolute atomic E-state index is 11.3. The van der Waals surface area contributed by atoms with Crippen molar-refractivity contribution in [2.75, 3.05) is 13.2 Å². The van der Waals surface area contributed by atoms with Crippen molar-refractivity contribution in [3.63, 3.8) is 0 Å². The van der Waals surface area contributed by atoms with Crippen molar-refractivity contribution in [3.8, 4) is 0 Å². The lowest BCUT2D eigenvalue weighted by molar-refractivity contribution is -0.185. The standard InChI is InChI=1S/C8H15NO2/c1-3-9(11-4-2)8(10)7-5-6-7/h7H,3-6H2,1-2H3. The third kappa shape index (κ3) is 2.19. The lowest BCUT2D eigenvalue weighted by atomic mass is 10.4. The van der Waals surface area contributed by atoms with E-state index in [2.05, 4.69) is 0 Å². The molecule has 0 spiro atoms. The minimum absolute atomic E-state index is 0.161. The van der Waals surface area contributed by atoms with Crippen LogP contribution in [0.25, 0.3) is 0 Å². The van der Waals surface area contributed by atoms with Gasteiger partial charge in [0, 0.05) is 12.5 Å². The zero-order valence-electron chi connectivity index (χ0n) is 7.17. The van der Waals surface area contributed by atoms with Crippen molar-refractivity contribution in [1.29, 1.82) is 0 Å². The second kappa shape index (κ2) is 3.72. The predicted molar refractivity (Wildman–Crippen MR) is 41.7 cm³/mol. The molecule has 0 aromatic carbocycles. The Hall–Kier alpha value is -0.570. The van der Waals surface area contributed by atoms with Crippen LogP contribution in [0.2, 0.25) is 0 Å². The summed E-state index contributed by atoms with van der Waals surface area (Å²) in [6.07, 6.45) is 2.09. The summed E-state index contributed by atoms with van der Waals surface area (Å²) in [5.41, 5.74) is 0. The molecule has 0 saturated heterocycles. The van der Waals surface area contributed by atoms with Crippen LogP contribution in [-0.2, 0) is 9.63 Å². The first kappa shape index (κ1) is 8.53. The van der Waals surface area contributed by atoms with Crippen molar-refractivity contribution in [2.45, 2.75) is 26.7 Å². The van der Waals surface area contributed by atoms with Gasteiger partial charge in [-0.2, -0.15) is 0 Å². The van der Waals surface area contributed by atoms with Crippen LogP contribution in [0, 0.1) is 5.92 Å². The van der Waals surface area contributed by atoms with E-state index < -0.39 is 0 Å². The fourth-order valence-corrected chi connectivity index (χ4v) is 1.00. The van der Waals surface area contributed by atoms with Crippen molar-refractivity contribution in [2.24, 2.45) is 5.92 Å². The van der Waals surface area contributed by atoms with Crippen LogP contribution in [0.3, 0.4) is 0 Å². The molecule has 0 atom stereocenters. The van der Waals surface area contributed by atoms with Gasteiger partial charge in [-0.25, -0.2) is 5.06 Å². The second-order valence-corrected chi connectivity index (χ2v) is 2.73. The molecule has 1 fully saturated rings. The van der Waals surface area contributed by atoms with Crippen molar-refractivity contribution in [1.82, 2.24) is 5.06 Å². The summed E-state index contributed by atoms with van der Waals surface area (Å²) in [5, 5.41) is 1.47. The van der Waals surface area contributed by atoms with Crippen LogP contribution in [-0.4, -0.2) is 24.1 Å². The minimum Gasteiger partial charge on any atom is -0.272 e. The Balaban J connectivity index is 2.32. The van der Waals surface area contributed by atoms with Crippen LogP contribution in [0.1, 0.15) is 26.7 Å². The van der Waals surface area contributed by atoms with Crippen LogP contribution in [0.15, 0.2) is 0 Å². The molecule has 0 N–H and O–H groups in total. The molecule has 11 heavy (non-hydrogen) atoms. The molecule has 3 nitrogen and oxygen atoms in total. The van der Waals surface area contributed by atoms with Gasteiger partial charge in [-0.15, -0.1) is 0 Å². The fourth-order valence-electron chi connectivity index (χ4n) is 1.00. The summed E-state index contributed by atoms with van der Waals surface area (Å²) in [6.45, 7) is 5.05. The molecule has 3 heteroatoms. The van der Waals surface area contributed by atoms with Gasteiger partial charge in [0.2, 0.25) is 5.91 Å². The largest absolute Gasteiger partial charge is 0.272 e. The molecule has 1 rings (SSSR count). The predicted octanol–water partition coefficient (Wildman–Crippen LogP) is 1.20. The third-order valence-electron chi connectivity index (χ3n) is 1.74. The molecule has 1 aliphatic carbocycles. The molecule has 1 aliphatic rings. The van der Waals surface area contributed by atoms with Crippen LogP contribution < -0.4 is 0 Å². The van der Waals surface area contributed by atoms with Crippen molar-refractivity contribution < 1.29 is 9.63 Å². The van der Waals surface area contributed by atoms with E-state index >= 15 is 0 Å². The Morgan fingerprint density at radius 2 is 2.18 bits per heavy atom. The van der Waals surface area contributed by atoms with E-state index in [9.17, 15) is 4.79 Å². The maximum atomic E-state index is 11.3. The van der Waals surface area contributed by atoms with Gasteiger partial charge >= 0.3 is 0 Å². The highest BCUT2D eigenvalue weighted by Gasteiger charge is 2.33. The summed E-state index contributed by atoms with van der Waals surface area (Å²) >= 11 is 0. The molecular formula is C8H15NO2. The van der Waals surface area contributed by atoms with Gasteiger partial charge in [0.25, 0.3) is 0 Å². The zero-order valence-corrected chi connectivity index (χ0v) is 7.17. The number of amides is 1. The average molecular weight is 157 g/mol. The first-order valence-electron chi connectivity index (χ1n) is 4.23. The Morgan fingerprint density at radius 3 is 2.55 bits per heavy atom. The molecule has 0 bridgehead atoms. The normalized spacial score (nSPS) is 16.5. The van der Waals surface area contributed by atoms with E-state index in [1.807, 2.05) is 13.8 Å². The molecule has 64 valence electrons. The molecule has 0 unspecified atom stereocenters. The van der Waals surface area contributed by atoms with E-state index in [1.165, 1.54) is 5.06 Å². The molecule has 0 aliphatic heterocycles. The number of hydrogen-bond acceptors (Lipinski definition) is 2. The summed E-state index contributed by atoms with van der Waals surface area (Å²) in [7, 11) is 0. The first-order chi connectivity index (χ1) is 5.29. The van der Waals surface area contributed by atoms with Gasteiger partial charge in [0.05, 0.1) is 6.61 Å². The molecular weight excluding hydrogens is 142 g/mol. The number of carbonyl (C=O) groups is 1. The summed E-state index contributed by atoms with van der Waals surface area (Å²) in [4.78, 5) is 16.5. The quantitative estimate of drug-likeness (QED) is 0.574. The highest BCUT2D eigenvalue weighted by molar-refractivity contribution is 5.79. The van der Waals surface area contributed by atoms with Gasteiger partial charge in [0.15, 0.2) is 0 Å². The topological polar surface area (TPSA) is 29.5 Å². The Labute approximate surface area is 67.3 Å². The molecule has 0 aromatic heterocycles.